The van der Waals surface area contributed by atoms with Crippen molar-refractivity contribution in [2.45, 2.75) is 45.8 Å². The van der Waals surface area contributed by atoms with Gasteiger partial charge in [0.2, 0.25) is 5.91 Å². The number of carbonyl (C=O) groups is 2. The lowest BCUT2D eigenvalue weighted by molar-refractivity contribution is -0.141. The SMILES string of the molecule is CCC1=C(C(=O)OCC2CC2)N2CCN(c3c(C)cc(Cl)cc3Cl)C2N1CCC(N)=O. The molecule has 2 fully saturated rings. The Labute approximate surface area is 192 Å². The van der Waals surface area contributed by atoms with Crippen molar-refractivity contribution in [3.05, 3.63) is 39.1 Å². The Kier molecular flexibility index (Phi) is 6.26. The molecule has 1 amide bonds. The number of allylic oxidation sites excluding steroid dienone is 1. The van der Waals surface area contributed by atoms with Gasteiger partial charge in [0.25, 0.3) is 0 Å². The molecule has 4 rings (SSSR count). The summed E-state index contributed by atoms with van der Waals surface area (Å²) in [6, 6.07) is 3.61. The molecule has 2 aliphatic heterocycles. The summed E-state index contributed by atoms with van der Waals surface area (Å²) in [6.45, 7) is 6.18. The summed E-state index contributed by atoms with van der Waals surface area (Å²) in [5.74, 6) is -0.184. The van der Waals surface area contributed by atoms with E-state index in [-0.39, 0.29) is 24.6 Å². The minimum absolute atomic E-state index is 0.194. The molecule has 1 saturated carbocycles. The molecule has 9 heteroatoms. The van der Waals surface area contributed by atoms with Crippen molar-refractivity contribution < 1.29 is 14.3 Å². The lowest BCUT2D eigenvalue weighted by Gasteiger charge is -2.37. The molecule has 168 valence electrons. The van der Waals surface area contributed by atoms with E-state index in [1.807, 2.05) is 19.9 Å². The van der Waals surface area contributed by atoms with Crippen LogP contribution in [0.4, 0.5) is 5.69 Å². The van der Waals surface area contributed by atoms with Gasteiger partial charge in [-0.2, -0.15) is 0 Å². The van der Waals surface area contributed by atoms with Crippen LogP contribution in [0.3, 0.4) is 0 Å². The van der Waals surface area contributed by atoms with Crippen LogP contribution in [0.5, 0.6) is 0 Å². The van der Waals surface area contributed by atoms with Gasteiger partial charge in [-0.1, -0.05) is 30.1 Å². The molecule has 0 bridgehead atoms. The molecular weight excluding hydrogens is 439 g/mol. The fourth-order valence-corrected chi connectivity index (χ4v) is 5.24. The number of anilines is 1. The third kappa shape index (κ3) is 4.30. The number of hydrogen-bond acceptors (Lipinski definition) is 6. The van der Waals surface area contributed by atoms with Crippen LogP contribution in [0.1, 0.15) is 38.2 Å². The summed E-state index contributed by atoms with van der Waals surface area (Å²) < 4.78 is 5.65. The van der Waals surface area contributed by atoms with E-state index >= 15 is 0 Å². The molecule has 1 aliphatic carbocycles. The van der Waals surface area contributed by atoms with E-state index in [2.05, 4.69) is 14.7 Å². The minimum atomic E-state index is -0.378. The Morgan fingerprint density at radius 2 is 1.90 bits per heavy atom. The van der Waals surface area contributed by atoms with Crippen LogP contribution in [0.15, 0.2) is 23.5 Å². The van der Waals surface area contributed by atoms with E-state index in [4.69, 9.17) is 33.7 Å². The second-order valence-corrected chi connectivity index (χ2v) is 9.23. The van der Waals surface area contributed by atoms with Gasteiger partial charge in [0.05, 0.1) is 17.3 Å². The van der Waals surface area contributed by atoms with Gasteiger partial charge in [0.15, 0.2) is 6.29 Å². The van der Waals surface area contributed by atoms with E-state index < -0.39 is 0 Å². The summed E-state index contributed by atoms with van der Waals surface area (Å²) in [4.78, 5) is 31.0. The lowest BCUT2D eigenvalue weighted by Crippen LogP contribution is -2.48. The Morgan fingerprint density at radius 1 is 1.19 bits per heavy atom. The zero-order valence-electron chi connectivity index (χ0n) is 17.9. The number of nitrogens with two attached hydrogens (primary N) is 1. The van der Waals surface area contributed by atoms with Crippen LogP contribution in [-0.2, 0) is 14.3 Å². The van der Waals surface area contributed by atoms with Crippen molar-refractivity contribution in [3.63, 3.8) is 0 Å². The van der Waals surface area contributed by atoms with E-state index in [9.17, 15) is 9.59 Å². The number of benzene rings is 1. The first kappa shape index (κ1) is 22.1. The molecule has 1 saturated heterocycles. The molecule has 1 atom stereocenters. The highest BCUT2D eigenvalue weighted by Gasteiger charge is 2.48. The van der Waals surface area contributed by atoms with Crippen LogP contribution >= 0.6 is 23.2 Å². The number of esters is 1. The zero-order valence-corrected chi connectivity index (χ0v) is 19.4. The van der Waals surface area contributed by atoms with Gasteiger partial charge in [-0.05, 0) is 49.8 Å². The highest BCUT2D eigenvalue weighted by Crippen LogP contribution is 2.43. The Bertz CT molecular complexity index is 908. The summed E-state index contributed by atoms with van der Waals surface area (Å²) in [5.41, 5.74) is 8.75. The molecule has 0 radical (unpaired) electrons. The molecular formula is C22H28Cl2N4O3. The molecule has 2 heterocycles. The quantitative estimate of drug-likeness (QED) is 0.590. The number of ether oxygens (including phenoxy) is 1. The van der Waals surface area contributed by atoms with E-state index in [1.165, 1.54) is 0 Å². The third-order valence-corrected chi connectivity index (χ3v) is 6.61. The number of halogens is 2. The van der Waals surface area contributed by atoms with Crippen molar-refractivity contribution in [1.82, 2.24) is 9.80 Å². The Balaban J connectivity index is 1.69. The van der Waals surface area contributed by atoms with Gasteiger partial charge >= 0.3 is 5.97 Å². The summed E-state index contributed by atoms with van der Waals surface area (Å²) >= 11 is 12.8. The van der Waals surface area contributed by atoms with Crippen molar-refractivity contribution in [2.24, 2.45) is 11.7 Å². The van der Waals surface area contributed by atoms with Crippen molar-refractivity contribution >= 4 is 40.8 Å². The van der Waals surface area contributed by atoms with E-state index in [0.717, 1.165) is 29.8 Å². The maximum atomic E-state index is 13.1. The maximum Gasteiger partial charge on any atom is 0.356 e. The van der Waals surface area contributed by atoms with Crippen LogP contribution in [0, 0.1) is 12.8 Å². The first-order valence-electron chi connectivity index (χ1n) is 10.8. The Morgan fingerprint density at radius 3 is 2.52 bits per heavy atom. The van der Waals surface area contributed by atoms with Gasteiger partial charge in [0.1, 0.15) is 5.70 Å². The first-order chi connectivity index (χ1) is 14.8. The average molecular weight is 467 g/mol. The lowest BCUT2D eigenvalue weighted by atomic mass is 10.1. The predicted molar refractivity (Wildman–Crippen MR) is 121 cm³/mol. The van der Waals surface area contributed by atoms with Gasteiger partial charge in [-0.25, -0.2) is 4.79 Å². The van der Waals surface area contributed by atoms with Crippen LogP contribution in [0.25, 0.3) is 0 Å². The molecule has 0 aromatic heterocycles. The highest BCUT2D eigenvalue weighted by molar-refractivity contribution is 6.36. The zero-order chi connectivity index (χ0) is 22.3. The van der Waals surface area contributed by atoms with E-state index in [0.29, 0.717) is 54.3 Å². The summed E-state index contributed by atoms with van der Waals surface area (Å²) in [6.07, 6.45) is 2.80. The first-order valence-corrected chi connectivity index (χ1v) is 11.5. The smallest absolute Gasteiger partial charge is 0.356 e. The third-order valence-electron chi connectivity index (χ3n) is 6.11. The van der Waals surface area contributed by atoms with Crippen LogP contribution in [-0.4, -0.2) is 54.2 Å². The molecule has 2 N–H and O–H groups in total. The molecule has 3 aliphatic rings. The molecule has 1 unspecified atom stereocenters. The number of primary amides is 1. The van der Waals surface area contributed by atoms with E-state index in [1.54, 1.807) is 6.07 Å². The van der Waals surface area contributed by atoms with Crippen molar-refractivity contribution in [1.29, 1.82) is 0 Å². The highest BCUT2D eigenvalue weighted by atomic mass is 35.5. The predicted octanol–water partition coefficient (Wildman–Crippen LogP) is 3.47. The number of nitrogens with zero attached hydrogens (tertiary/aromatic N) is 3. The average Bonchev–Trinajstić information content (AvgIpc) is 3.36. The molecule has 31 heavy (non-hydrogen) atoms. The molecule has 1 aromatic carbocycles. The van der Waals surface area contributed by atoms with Crippen molar-refractivity contribution in [3.8, 4) is 0 Å². The fourth-order valence-electron chi connectivity index (χ4n) is 4.54. The topological polar surface area (TPSA) is 79.1 Å². The van der Waals surface area contributed by atoms with Gasteiger partial charge < -0.3 is 25.2 Å². The summed E-state index contributed by atoms with van der Waals surface area (Å²) in [5, 5.41) is 1.14. The second-order valence-electron chi connectivity index (χ2n) is 8.39. The second kappa shape index (κ2) is 8.79. The number of aryl methyl sites for hydroxylation is 1. The molecule has 7 nitrogen and oxygen atoms in total. The minimum Gasteiger partial charge on any atom is -0.461 e. The normalized spacial score (nSPS) is 20.5. The van der Waals surface area contributed by atoms with Gasteiger partial charge in [-0.3, -0.25) is 4.79 Å². The summed E-state index contributed by atoms with van der Waals surface area (Å²) in [7, 11) is 0. The van der Waals surface area contributed by atoms with Crippen LogP contribution in [0.2, 0.25) is 10.0 Å². The van der Waals surface area contributed by atoms with Crippen LogP contribution < -0.4 is 10.6 Å². The fraction of sp³-hybridized carbons (Fsp3) is 0.545. The Hall–Kier alpha value is -2.12. The van der Waals surface area contributed by atoms with Gasteiger partial charge in [0, 0.05) is 36.8 Å². The standard InChI is InChI=1S/C22H28Cl2N4O3/c1-3-17-20(21(30)31-12-14-4-5-14)28-9-8-27(22(28)26(17)7-6-18(25)29)19-13(2)10-15(23)11-16(19)24/h10-11,14,22H,3-9,12H2,1-2H3,(H2,25,29). The number of amides is 1. The molecule has 0 spiro atoms. The largest absolute Gasteiger partial charge is 0.461 e. The van der Waals surface area contributed by atoms with Crippen molar-refractivity contribution in [2.75, 3.05) is 31.1 Å². The number of fused-ring (bicyclic) bond motifs is 1. The molecule has 1 aromatic rings. The number of hydrogen-bond donors (Lipinski definition) is 1. The van der Waals surface area contributed by atoms with Gasteiger partial charge in [-0.15, -0.1) is 0 Å². The maximum absolute atomic E-state index is 13.1. The number of carbonyl (C=O) groups excluding carboxylic acids is 2. The monoisotopic (exact) mass is 466 g/mol. The number of rotatable bonds is 8.